The standard InChI is InChI=1S/C9H9FO4/c10-6-3-7-9(14-2-1-13-7)5(4-11)8(6)12/h3,11-12H,1-2,4H2. The molecule has 0 bridgehead atoms. The first-order chi connectivity index (χ1) is 6.74. The molecule has 1 aromatic rings. The van der Waals surface area contributed by atoms with Gasteiger partial charge in [0.25, 0.3) is 0 Å². The normalized spacial score (nSPS) is 14.1. The topological polar surface area (TPSA) is 58.9 Å². The predicted octanol–water partition coefficient (Wildman–Crippen LogP) is 0.795. The van der Waals surface area contributed by atoms with E-state index in [1.165, 1.54) is 0 Å². The number of ether oxygens (including phenoxy) is 2. The molecular weight excluding hydrogens is 191 g/mol. The highest BCUT2D eigenvalue weighted by Crippen LogP contribution is 2.40. The molecule has 0 atom stereocenters. The highest BCUT2D eigenvalue weighted by molar-refractivity contribution is 5.54. The lowest BCUT2D eigenvalue weighted by atomic mass is 10.1. The van der Waals surface area contributed by atoms with Crippen molar-refractivity contribution in [3.63, 3.8) is 0 Å². The van der Waals surface area contributed by atoms with E-state index in [1.54, 1.807) is 0 Å². The van der Waals surface area contributed by atoms with Crippen LogP contribution in [-0.2, 0) is 6.61 Å². The minimum Gasteiger partial charge on any atom is -0.504 e. The van der Waals surface area contributed by atoms with Crippen LogP contribution in [0.4, 0.5) is 4.39 Å². The maximum atomic E-state index is 13.1. The van der Waals surface area contributed by atoms with Crippen molar-refractivity contribution in [3.05, 3.63) is 17.4 Å². The van der Waals surface area contributed by atoms with E-state index in [2.05, 4.69) is 0 Å². The monoisotopic (exact) mass is 200 g/mol. The van der Waals surface area contributed by atoms with Crippen molar-refractivity contribution in [2.75, 3.05) is 13.2 Å². The fraction of sp³-hybridized carbons (Fsp3) is 0.333. The zero-order chi connectivity index (χ0) is 10.1. The Morgan fingerprint density at radius 1 is 1.36 bits per heavy atom. The Labute approximate surface area is 79.5 Å². The van der Waals surface area contributed by atoms with E-state index in [1.807, 2.05) is 0 Å². The fourth-order valence-electron chi connectivity index (χ4n) is 1.36. The Hall–Kier alpha value is -1.49. The summed E-state index contributed by atoms with van der Waals surface area (Å²) in [6.45, 7) is 0.169. The van der Waals surface area contributed by atoms with E-state index in [-0.39, 0.29) is 17.1 Å². The van der Waals surface area contributed by atoms with Crippen molar-refractivity contribution in [2.45, 2.75) is 6.61 Å². The van der Waals surface area contributed by atoms with E-state index in [9.17, 15) is 9.50 Å². The first-order valence-corrected chi connectivity index (χ1v) is 4.15. The molecule has 0 fully saturated rings. The molecule has 1 aliphatic rings. The van der Waals surface area contributed by atoms with Crippen molar-refractivity contribution >= 4 is 0 Å². The molecule has 0 radical (unpaired) electrons. The Bertz CT molecular complexity index is 364. The quantitative estimate of drug-likeness (QED) is 0.703. The number of hydrogen-bond donors (Lipinski definition) is 2. The van der Waals surface area contributed by atoms with Crippen LogP contribution in [0.5, 0.6) is 17.2 Å². The van der Waals surface area contributed by atoms with E-state index in [0.29, 0.717) is 13.2 Å². The Morgan fingerprint density at radius 2 is 2.07 bits per heavy atom. The third-order valence-corrected chi connectivity index (χ3v) is 2.01. The second-order valence-electron chi connectivity index (χ2n) is 2.87. The molecule has 76 valence electrons. The first kappa shape index (κ1) is 9.08. The van der Waals surface area contributed by atoms with Gasteiger partial charge in [-0.3, -0.25) is 0 Å². The maximum Gasteiger partial charge on any atom is 0.170 e. The molecular formula is C9H9FO4. The van der Waals surface area contributed by atoms with E-state index in [4.69, 9.17) is 14.6 Å². The number of halogens is 1. The van der Waals surface area contributed by atoms with Gasteiger partial charge in [-0.2, -0.15) is 0 Å². The van der Waals surface area contributed by atoms with E-state index in [0.717, 1.165) is 6.07 Å². The predicted molar refractivity (Wildman–Crippen MR) is 45.0 cm³/mol. The molecule has 1 aliphatic heterocycles. The zero-order valence-corrected chi connectivity index (χ0v) is 7.29. The molecule has 0 saturated heterocycles. The van der Waals surface area contributed by atoms with Crippen molar-refractivity contribution in [1.29, 1.82) is 0 Å². The van der Waals surface area contributed by atoms with Gasteiger partial charge in [-0.25, -0.2) is 4.39 Å². The lowest BCUT2D eigenvalue weighted by Crippen LogP contribution is -2.17. The summed E-state index contributed by atoms with van der Waals surface area (Å²) in [7, 11) is 0. The van der Waals surface area contributed by atoms with Gasteiger partial charge in [-0.05, 0) is 0 Å². The van der Waals surface area contributed by atoms with E-state index < -0.39 is 18.2 Å². The van der Waals surface area contributed by atoms with Crippen LogP contribution >= 0.6 is 0 Å². The zero-order valence-electron chi connectivity index (χ0n) is 7.29. The van der Waals surface area contributed by atoms with Gasteiger partial charge in [0.2, 0.25) is 0 Å². The van der Waals surface area contributed by atoms with Crippen molar-refractivity contribution < 1.29 is 24.1 Å². The number of aliphatic hydroxyl groups is 1. The van der Waals surface area contributed by atoms with Gasteiger partial charge in [0.05, 0.1) is 12.2 Å². The Morgan fingerprint density at radius 3 is 2.79 bits per heavy atom. The molecule has 0 amide bonds. The summed E-state index contributed by atoms with van der Waals surface area (Å²) in [5.41, 5.74) is 0.0275. The van der Waals surface area contributed by atoms with Gasteiger partial charge in [-0.1, -0.05) is 0 Å². The molecule has 2 rings (SSSR count). The summed E-state index contributed by atoms with van der Waals surface area (Å²) in [6, 6.07) is 1.04. The minimum atomic E-state index is -0.821. The molecule has 0 aliphatic carbocycles. The van der Waals surface area contributed by atoms with Gasteiger partial charge >= 0.3 is 0 Å². The van der Waals surface area contributed by atoms with Crippen LogP contribution in [0.3, 0.4) is 0 Å². The highest BCUT2D eigenvalue weighted by Gasteiger charge is 2.22. The van der Waals surface area contributed by atoms with Gasteiger partial charge < -0.3 is 19.7 Å². The van der Waals surface area contributed by atoms with Crippen LogP contribution in [0.25, 0.3) is 0 Å². The average Bonchev–Trinajstić information content (AvgIpc) is 2.20. The molecule has 4 nitrogen and oxygen atoms in total. The highest BCUT2D eigenvalue weighted by atomic mass is 19.1. The summed E-state index contributed by atoms with van der Waals surface area (Å²) in [6.07, 6.45) is 0. The molecule has 0 unspecified atom stereocenters. The largest absolute Gasteiger partial charge is 0.504 e. The van der Waals surface area contributed by atoms with Crippen LogP contribution in [0.15, 0.2) is 6.07 Å². The minimum absolute atomic E-state index is 0.0275. The van der Waals surface area contributed by atoms with Crippen LogP contribution in [0, 0.1) is 5.82 Å². The number of benzene rings is 1. The summed E-state index contributed by atoms with van der Waals surface area (Å²) in [5.74, 6) is -0.969. The van der Waals surface area contributed by atoms with Gasteiger partial charge in [0.15, 0.2) is 23.1 Å². The van der Waals surface area contributed by atoms with Gasteiger partial charge in [-0.15, -0.1) is 0 Å². The average molecular weight is 200 g/mol. The lowest BCUT2D eigenvalue weighted by molar-refractivity contribution is 0.162. The second kappa shape index (κ2) is 3.34. The SMILES string of the molecule is OCc1c(O)c(F)cc2c1OCCO2. The molecule has 1 aromatic carbocycles. The molecule has 0 aromatic heterocycles. The van der Waals surface area contributed by atoms with Crippen molar-refractivity contribution in [3.8, 4) is 17.2 Å². The third kappa shape index (κ3) is 1.26. The summed E-state index contributed by atoms with van der Waals surface area (Å²) in [4.78, 5) is 0. The van der Waals surface area contributed by atoms with Crippen LogP contribution in [0.2, 0.25) is 0 Å². The molecule has 14 heavy (non-hydrogen) atoms. The number of hydrogen-bond acceptors (Lipinski definition) is 4. The Balaban J connectivity index is 2.60. The fourth-order valence-corrected chi connectivity index (χ4v) is 1.36. The smallest absolute Gasteiger partial charge is 0.170 e. The molecule has 0 saturated carbocycles. The maximum absolute atomic E-state index is 13.1. The van der Waals surface area contributed by atoms with Crippen molar-refractivity contribution in [2.24, 2.45) is 0 Å². The van der Waals surface area contributed by atoms with Crippen LogP contribution < -0.4 is 9.47 Å². The van der Waals surface area contributed by atoms with Crippen LogP contribution in [-0.4, -0.2) is 23.4 Å². The third-order valence-electron chi connectivity index (χ3n) is 2.01. The molecule has 2 N–H and O–H groups in total. The number of fused-ring (bicyclic) bond motifs is 1. The number of phenols is 1. The number of aliphatic hydroxyl groups excluding tert-OH is 1. The Kier molecular flexibility index (Phi) is 2.17. The number of rotatable bonds is 1. The molecule has 1 heterocycles. The van der Waals surface area contributed by atoms with Gasteiger partial charge in [0, 0.05) is 6.07 Å². The van der Waals surface area contributed by atoms with Crippen molar-refractivity contribution in [1.82, 2.24) is 0 Å². The first-order valence-electron chi connectivity index (χ1n) is 4.15. The summed E-state index contributed by atoms with van der Waals surface area (Å²) in [5, 5.41) is 18.2. The molecule has 0 spiro atoms. The van der Waals surface area contributed by atoms with Gasteiger partial charge in [0.1, 0.15) is 13.2 Å². The summed E-state index contributed by atoms with van der Waals surface area (Å²) < 4.78 is 23.3. The summed E-state index contributed by atoms with van der Waals surface area (Å²) >= 11 is 0. The van der Waals surface area contributed by atoms with E-state index >= 15 is 0 Å². The second-order valence-corrected chi connectivity index (χ2v) is 2.87. The number of aromatic hydroxyl groups is 1. The van der Waals surface area contributed by atoms with Crippen LogP contribution in [0.1, 0.15) is 5.56 Å². The lowest BCUT2D eigenvalue weighted by Gasteiger charge is -2.21. The molecule has 5 heteroatoms.